The van der Waals surface area contributed by atoms with Gasteiger partial charge in [0.1, 0.15) is 5.69 Å². The van der Waals surface area contributed by atoms with E-state index in [-0.39, 0.29) is 28.5 Å². The van der Waals surface area contributed by atoms with E-state index in [1.54, 1.807) is 12.1 Å². The van der Waals surface area contributed by atoms with Gasteiger partial charge in [0, 0.05) is 18.0 Å². The first-order valence-corrected chi connectivity index (χ1v) is 13.6. The third kappa shape index (κ3) is 8.46. The number of ether oxygens (including phenoxy) is 2. The second kappa shape index (κ2) is 14.7. The minimum absolute atomic E-state index is 0.0818. The van der Waals surface area contributed by atoms with Crippen LogP contribution in [0.4, 0.5) is 33.2 Å². The van der Waals surface area contributed by atoms with Crippen molar-refractivity contribution in [3.8, 4) is 11.3 Å². The summed E-state index contributed by atoms with van der Waals surface area (Å²) in [7, 11) is 0. The molecule has 0 unspecified atom stereocenters. The SMILES string of the molecule is CCCCCCCCc1ccc(N(C(=O)OCOC(=O)CN)c2nc(-c3cccnc3)c(F)s2)cc1C(F)(F)F. The van der Waals surface area contributed by atoms with E-state index in [1.807, 2.05) is 0 Å². The van der Waals surface area contributed by atoms with Crippen LogP contribution in [0.2, 0.25) is 0 Å². The van der Waals surface area contributed by atoms with E-state index >= 15 is 0 Å². The predicted octanol–water partition coefficient (Wildman–Crippen LogP) is 7.00. The fourth-order valence-electron chi connectivity index (χ4n) is 3.91. The number of benzene rings is 1. The molecule has 0 aliphatic rings. The van der Waals surface area contributed by atoms with Crippen molar-refractivity contribution in [1.29, 1.82) is 0 Å². The van der Waals surface area contributed by atoms with Crippen LogP contribution < -0.4 is 10.6 Å². The lowest BCUT2D eigenvalue weighted by molar-refractivity contribution is -0.149. The van der Waals surface area contributed by atoms with Crippen molar-refractivity contribution in [2.45, 2.75) is 58.0 Å². The van der Waals surface area contributed by atoms with Crippen molar-refractivity contribution < 1.29 is 36.6 Å². The first-order valence-electron chi connectivity index (χ1n) is 12.7. The lowest BCUT2D eigenvalue weighted by atomic mass is 9.99. The topological polar surface area (TPSA) is 108 Å². The van der Waals surface area contributed by atoms with Crippen molar-refractivity contribution >= 4 is 34.2 Å². The summed E-state index contributed by atoms with van der Waals surface area (Å²) >= 11 is 0.436. The van der Waals surface area contributed by atoms with E-state index in [2.05, 4.69) is 21.6 Å². The van der Waals surface area contributed by atoms with Crippen LogP contribution in [-0.2, 0) is 26.9 Å². The molecule has 1 amide bonds. The van der Waals surface area contributed by atoms with Crippen LogP contribution in [0, 0.1) is 5.13 Å². The molecule has 0 aliphatic heterocycles. The van der Waals surface area contributed by atoms with Crippen LogP contribution in [0.5, 0.6) is 0 Å². The number of nitrogens with two attached hydrogens (primary N) is 1. The van der Waals surface area contributed by atoms with E-state index in [1.165, 1.54) is 24.5 Å². The van der Waals surface area contributed by atoms with Gasteiger partial charge in [-0.05, 0) is 42.7 Å². The Kier molecular flexibility index (Phi) is 11.4. The van der Waals surface area contributed by atoms with E-state index in [0.717, 1.165) is 38.2 Å². The number of nitrogens with zero attached hydrogens (tertiary/aromatic N) is 3. The average molecular weight is 583 g/mol. The highest BCUT2D eigenvalue weighted by Gasteiger charge is 2.35. The van der Waals surface area contributed by atoms with Crippen LogP contribution in [-0.4, -0.2) is 35.4 Å². The number of rotatable bonds is 13. The highest BCUT2D eigenvalue weighted by molar-refractivity contribution is 7.14. The molecule has 2 heterocycles. The van der Waals surface area contributed by atoms with Gasteiger partial charge in [-0.2, -0.15) is 17.6 Å². The largest absolute Gasteiger partial charge is 0.427 e. The molecule has 2 aromatic heterocycles. The van der Waals surface area contributed by atoms with Gasteiger partial charge in [0.15, 0.2) is 0 Å². The molecule has 0 atom stereocenters. The van der Waals surface area contributed by atoms with E-state index in [4.69, 9.17) is 10.5 Å². The Morgan fingerprint density at radius 1 is 1.07 bits per heavy atom. The summed E-state index contributed by atoms with van der Waals surface area (Å²) in [6.45, 7) is 0.766. The number of carbonyl (C=O) groups excluding carboxylic acids is 2. The second-order valence-electron chi connectivity index (χ2n) is 8.80. The minimum Gasteiger partial charge on any atom is -0.427 e. The number of amides is 1. The molecule has 3 rings (SSSR count). The number of carbonyl (C=O) groups is 2. The monoisotopic (exact) mass is 582 g/mol. The van der Waals surface area contributed by atoms with Crippen LogP contribution in [0.1, 0.15) is 56.6 Å². The van der Waals surface area contributed by atoms with E-state index < -0.39 is 42.3 Å². The van der Waals surface area contributed by atoms with Gasteiger partial charge in [-0.25, -0.2) is 14.7 Å². The third-order valence-electron chi connectivity index (χ3n) is 5.91. The number of alkyl halides is 3. The molecule has 13 heteroatoms. The molecule has 0 saturated heterocycles. The Bertz CT molecular complexity index is 1270. The number of pyridine rings is 1. The number of thiazole rings is 1. The van der Waals surface area contributed by atoms with Crippen LogP contribution in [0.25, 0.3) is 11.3 Å². The minimum atomic E-state index is -4.71. The van der Waals surface area contributed by atoms with Gasteiger partial charge in [0.05, 0.1) is 17.8 Å². The Hall–Kier alpha value is -3.58. The Balaban J connectivity index is 1.95. The summed E-state index contributed by atoms with van der Waals surface area (Å²) in [5, 5.41) is -1.07. The smallest absolute Gasteiger partial charge is 0.423 e. The zero-order valence-electron chi connectivity index (χ0n) is 21.9. The molecule has 0 spiro atoms. The lowest BCUT2D eigenvalue weighted by Crippen LogP contribution is -2.29. The first-order chi connectivity index (χ1) is 19.2. The molecule has 0 fully saturated rings. The van der Waals surface area contributed by atoms with Gasteiger partial charge in [-0.1, -0.05) is 56.4 Å². The maximum atomic E-state index is 14.9. The van der Waals surface area contributed by atoms with Crippen molar-refractivity contribution in [3.05, 3.63) is 59.0 Å². The Morgan fingerprint density at radius 2 is 1.82 bits per heavy atom. The number of esters is 1. The zero-order chi connectivity index (χ0) is 29.1. The standard InChI is InChI=1S/C27H30F4N4O4S/c1-2-3-4-5-6-7-9-18-11-12-20(14-21(18)27(29,30)31)35(26(37)39-17-38-22(36)15-32)25-34-23(24(28)40-25)19-10-8-13-33-16-19/h8,10-14,16H,2-7,9,15,17,32H2,1H3. The number of anilines is 2. The Labute approximate surface area is 233 Å². The molecule has 40 heavy (non-hydrogen) atoms. The molecule has 216 valence electrons. The van der Waals surface area contributed by atoms with Gasteiger partial charge in [-0.15, -0.1) is 0 Å². The summed E-state index contributed by atoms with van der Waals surface area (Å²) < 4.78 is 66.8. The quantitative estimate of drug-likeness (QED) is 0.100. The first kappa shape index (κ1) is 31.0. The maximum absolute atomic E-state index is 14.9. The highest BCUT2D eigenvalue weighted by atomic mass is 32.1. The predicted molar refractivity (Wildman–Crippen MR) is 142 cm³/mol. The molecule has 0 saturated carbocycles. The summed E-state index contributed by atoms with van der Waals surface area (Å²) in [6, 6.07) is 6.53. The molecular formula is C27H30F4N4O4S. The van der Waals surface area contributed by atoms with Gasteiger partial charge < -0.3 is 15.2 Å². The van der Waals surface area contributed by atoms with Crippen molar-refractivity contribution in [1.82, 2.24) is 9.97 Å². The molecule has 0 aliphatic carbocycles. The zero-order valence-corrected chi connectivity index (χ0v) is 22.7. The fraction of sp³-hybridized carbons (Fsp3) is 0.407. The van der Waals surface area contributed by atoms with Gasteiger partial charge in [0.25, 0.3) is 0 Å². The summed E-state index contributed by atoms with van der Waals surface area (Å²) in [4.78, 5) is 33.1. The lowest BCUT2D eigenvalue weighted by Gasteiger charge is -2.22. The summed E-state index contributed by atoms with van der Waals surface area (Å²) in [5.74, 6) is -0.864. The van der Waals surface area contributed by atoms with E-state index in [9.17, 15) is 27.2 Å². The Morgan fingerprint density at radius 3 is 2.50 bits per heavy atom. The van der Waals surface area contributed by atoms with Gasteiger partial charge in [-0.3, -0.25) is 9.78 Å². The van der Waals surface area contributed by atoms with Crippen LogP contribution >= 0.6 is 11.3 Å². The second-order valence-corrected chi connectivity index (χ2v) is 9.73. The molecule has 1 aromatic carbocycles. The number of unbranched alkanes of at least 4 members (excludes halogenated alkanes) is 5. The number of aromatic nitrogens is 2. The highest BCUT2D eigenvalue weighted by Crippen LogP contribution is 2.40. The number of hydrogen-bond acceptors (Lipinski definition) is 8. The van der Waals surface area contributed by atoms with Crippen molar-refractivity contribution in [2.24, 2.45) is 5.73 Å². The normalized spacial score (nSPS) is 11.3. The van der Waals surface area contributed by atoms with E-state index in [0.29, 0.717) is 28.2 Å². The third-order valence-corrected chi connectivity index (χ3v) is 6.74. The number of hydrogen-bond donors (Lipinski definition) is 1. The molecule has 0 radical (unpaired) electrons. The van der Waals surface area contributed by atoms with Crippen LogP contribution in [0.3, 0.4) is 0 Å². The summed E-state index contributed by atoms with van der Waals surface area (Å²) in [5.41, 5.74) is 4.23. The molecule has 2 N–H and O–H groups in total. The number of halogens is 4. The average Bonchev–Trinajstić information content (AvgIpc) is 3.31. The fourth-order valence-corrected chi connectivity index (χ4v) is 4.74. The maximum Gasteiger partial charge on any atom is 0.423 e. The number of aryl methyl sites for hydroxylation is 1. The van der Waals surface area contributed by atoms with Crippen LogP contribution in [0.15, 0.2) is 42.7 Å². The summed E-state index contributed by atoms with van der Waals surface area (Å²) in [6.07, 6.45) is 2.61. The van der Waals surface area contributed by atoms with Gasteiger partial charge >= 0.3 is 18.2 Å². The van der Waals surface area contributed by atoms with Gasteiger partial charge in [0.2, 0.25) is 17.1 Å². The van der Waals surface area contributed by atoms with Crippen molar-refractivity contribution in [3.63, 3.8) is 0 Å². The molecule has 0 bridgehead atoms. The van der Waals surface area contributed by atoms with Crippen molar-refractivity contribution in [2.75, 3.05) is 18.2 Å². The molecule has 3 aromatic rings. The molecule has 8 nitrogen and oxygen atoms in total. The molecular weight excluding hydrogens is 552 g/mol.